The van der Waals surface area contributed by atoms with E-state index < -0.39 is 23.7 Å². The molecule has 0 aromatic heterocycles. The van der Waals surface area contributed by atoms with E-state index >= 15 is 0 Å². The number of aliphatic hydroxyl groups excluding tert-OH is 5. The third kappa shape index (κ3) is 2.91. The highest BCUT2D eigenvalue weighted by atomic mass is 16.3. The van der Waals surface area contributed by atoms with Gasteiger partial charge in [-0.05, 0) is 85.4 Å². The zero-order valence-electron chi connectivity index (χ0n) is 21.9. The Kier molecular flexibility index (Phi) is 5.94. The second-order valence-corrected chi connectivity index (χ2v) is 14.0. The fourth-order valence-electron chi connectivity index (χ4n) is 10.8. The summed E-state index contributed by atoms with van der Waals surface area (Å²) in [4.78, 5) is 0. The lowest BCUT2D eigenvalue weighted by molar-refractivity contribution is -0.206. The van der Waals surface area contributed by atoms with Crippen LogP contribution < -0.4 is 0 Å². The van der Waals surface area contributed by atoms with E-state index in [1.807, 2.05) is 6.92 Å². The summed E-state index contributed by atoms with van der Waals surface area (Å²) in [5.41, 5.74) is 0.151. The van der Waals surface area contributed by atoms with Crippen LogP contribution in [0.2, 0.25) is 0 Å². The summed E-state index contributed by atoms with van der Waals surface area (Å²) >= 11 is 0. The molecular weight excluding hydrogens is 428 g/mol. The molecule has 0 aromatic carbocycles. The Bertz CT molecular complexity index is 840. The van der Waals surface area contributed by atoms with Crippen molar-refractivity contribution in [2.24, 2.45) is 57.2 Å². The van der Waals surface area contributed by atoms with Gasteiger partial charge in [0, 0.05) is 23.4 Å². The van der Waals surface area contributed by atoms with Gasteiger partial charge in [-0.15, -0.1) is 0 Å². The molecule has 5 nitrogen and oxygen atoms in total. The molecule has 0 radical (unpaired) electrons. The van der Waals surface area contributed by atoms with Crippen molar-refractivity contribution in [2.45, 2.75) is 97.9 Å². The molecule has 0 bridgehead atoms. The van der Waals surface area contributed by atoms with Crippen molar-refractivity contribution in [2.75, 3.05) is 13.2 Å². The van der Waals surface area contributed by atoms with Gasteiger partial charge in [0.15, 0.2) is 0 Å². The van der Waals surface area contributed by atoms with E-state index in [1.165, 1.54) is 5.57 Å². The number of allylic oxidation sites excluding steroid dienone is 1. The SMILES string of the molecule is CC(C)[C@@H]1C[C@@H](O)[C@H]2[C@@]1(CO)CC[C@@]1(C)[C@H]3C(=CC[C@]21C)C1CC[C@H](O)[C@@](C)(CO)C1C[C@@H]3O. The smallest absolute Gasteiger partial charge is 0.0618 e. The Labute approximate surface area is 205 Å². The average molecular weight is 477 g/mol. The van der Waals surface area contributed by atoms with E-state index in [-0.39, 0.29) is 53.1 Å². The molecule has 194 valence electrons. The summed E-state index contributed by atoms with van der Waals surface area (Å²) in [6.07, 6.45) is 6.59. The molecule has 0 heterocycles. The maximum Gasteiger partial charge on any atom is 0.0618 e. The molecule has 0 aliphatic heterocycles. The molecule has 5 N–H and O–H groups in total. The first-order valence-electron chi connectivity index (χ1n) is 13.9. The van der Waals surface area contributed by atoms with Crippen molar-refractivity contribution < 1.29 is 25.5 Å². The van der Waals surface area contributed by atoms with Gasteiger partial charge >= 0.3 is 0 Å². The maximum atomic E-state index is 11.7. The van der Waals surface area contributed by atoms with Crippen LogP contribution >= 0.6 is 0 Å². The van der Waals surface area contributed by atoms with Crippen molar-refractivity contribution in [3.8, 4) is 0 Å². The summed E-state index contributed by atoms with van der Waals surface area (Å²) < 4.78 is 0. The molecule has 5 heteroatoms. The van der Waals surface area contributed by atoms with Crippen LogP contribution in [0.25, 0.3) is 0 Å². The third-order valence-corrected chi connectivity index (χ3v) is 12.7. The van der Waals surface area contributed by atoms with Crippen LogP contribution in [0.15, 0.2) is 11.6 Å². The zero-order chi connectivity index (χ0) is 24.8. The van der Waals surface area contributed by atoms with Crippen LogP contribution in [0.5, 0.6) is 0 Å². The Morgan fingerprint density at radius 1 is 0.912 bits per heavy atom. The molecule has 5 aliphatic carbocycles. The van der Waals surface area contributed by atoms with Gasteiger partial charge in [-0.3, -0.25) is 0 Å². The fourth-order valence-corrected chi connectivity index (χ4v) is 10.8. The molecule has 0 saturated heterocycles. The summed E-state index contributed by atoms with van der Waals surface area (Å²) in [5, 5.41) is 55.1. The first-order valence-corrected chi connectivity index (χ1v) is 13.9. The van der Waals surface area contributed by atoms with Gasteiger partial charge < -0.3 is 25.5 Å². The number of aliphatic hydroxyl groups is 5. The van der Waals surface area contributed by atoms with Gasteiger partial charge in [-0.25, -0.2) is 0 Å². The van der Waals surface area contributed by atoms with Gasteiger partial charge in [-0.1, -0.05) is 46.3 Å². The van der Waals surface area contributed by atoms with Crippen molar-refractivity contribution in [3.63, 3.8) is 0 Å². The van der Waals surface area contributed by atoms with Crippen LogP contribution in [-0.2, 0) is 0 Å². The lowest BCUT2D eigenvalue weighted by Gasteiger charge is -2.68. The molecule has 5 aliphatic rings. The van der Waals surface area contributed by atoms with E-state index in [9.17, 15) is 25.5 Å². The van der Waals surface area contributed by atoms with Gasteiger partial charge in [0.1, 0.15) is 0 Å². The molecule has 4 fully saturated rings. The fraction of sp³-hybridized carbons (Fsp3) is 0.931. The number of rotatable bonds is 3. The second-order valence-electron chi connectivity index (χ2n) is 14.0. The molecule has 12 atom stereocenters. The topological polar surface area (TPSA) is 101 Å². The quantitative estimate of drug-likeness (QED) is 0.401. The van der Waals surface area contributed by atoms with Crippen molar-refractivity contribution in [1.29, 1.82) is 0 Å². The van der Waals surface area contributed by atoms with Crippen LogP contribution in [0, 0.1) is 57.2 Å². The Hall–Kier alpha value is -0.460. The molecule has 5 rings (SSSR count). The van der Waals surface area contributed by atoms with Crippen molar-refractivity contribution >= 4 is 0 Å². The minimum atomic E-state index is -0.581. The number of hydrogen-bond donors (Lipinski definition) is 5. The van der Waals surface area contributed by atoms with E-state index in [2.05, 4.69) is 33.8 Å². The summed E-state index contributed by atoms with van der Waals surface area (Å²) in [7, 11) is 0. The highest BCUT2D eigenvalue weighted by molar-refractivity contribution is 5.32. The zero-order valence-corrected chi connectivity index (χ0v) is 21.9. The first kappa shape index (κ1) is 25.2. The monoisotopic (exact) mass is 476 g/mol. The van der Waals surface area contributed by atoms with E-state index in [0.717, 1.165) is 32.1 Å². The summed E-state index contributed by atoms with van der Waals surface area (Å²) in [5.74, 6) is 1.16. The van der Waals surface area contributed by atoms with Gasteiger partial charge in [0.25, 0.3) is 0 Å². The van der Waals surface area contributed by atoms with Crippen molar-refractivity contribution in [1.82, 2.24) is 0 Å². The number of fused-ring (bicyclic) bond motifs is 7. The van der Waals surface area contributed by atoms with Crippen molar-refractivity contribution in [3.05, 3.63) is 11.6 Å². The van der Waals surface area contributed by atoms with Crippen LogP contribution in [0.4, 0.5) is 0 Å². The Morgan fingerprint density at radius 2 is 1.62 bits per heavy atom. The molecular formula is C29H48O5. The van der Waals surface area contributed by atoms with E-state index in [0.29, 0.717) is 24.7 Å². The first-order chi connectivity index (χ1) is 15.9. The largest absolute Gasteiger partial charge is 0.396 e. The molecule has 0 amide bonds. The van der Waals surface area contributed by atoms with Crippen LogP contribution in [0.1, 0.15) is 79.6 Å². The van der Waals surface area contributed by atoms with Crippen LogP contribution in [-0.4, -0.2) is 57.1 Å². The van der Waals surface area contributed by atoms with E-state index in [4.69, 9.17) is 0 Å². The Morgan fingerprint density at radius 3 is 2.24 bits per heavy atom. The standard InChI is InChI=1S/C29H48O5/c1-16(2)19-12-22(33)25-28(5)9-8-18-17-6-7-23(34)26(3,14-30)20(17)13-21(32)24(18)27(28,4)10-11-29(19,25)15-31/h8,16-17,19-25,30-34H,6-7,9-15H2,1-5H3/t17?,19-,20?,21-,22+,23-,24-,25+,26-,27-,28+,29+/m0/s1. The molecule has 0 aromatic rings. The predicted octanol–water partition coefficient (Wildman–Crippen LogP) is 3.52. The lowest BCUT2D eigenvalue weighted by atomic mass is 9.36. The molecule has 0 spiro atoms. The molecule has 4 saturated carbocycles. The number of hydrogen-bond acceptors (Lipinski definition) is 5. The third-order valence-electron chi connectivity index (χ3n) is 12.7. The lowest BCUT2D eigenvalue weighted by Crippen LogP contribution is -2.65. The second kappa shape index (κ2) is 8.02. The van der Waals surface area contributed by atoms with E-state index in [1.54, 1.807) is 0 Å². The van der Waals surface area contributed by atoms with Gasteiger partial charge in [-0.2, -0.15) is 0 Å². The highest BCUT2D eigenvalue weighted by Gasteiger charge is 2.71. The van der Waals surface area contributed by atoms with Gasteiger partial charge in [0.2, 0.25) is 0 Å². The summed E-state index contributed by atoms with van der Waals surface area (Å²) in [6.45, 7) is 11.2. The van der Waals surface area contributed by atoms with Crippen LogP contribution in [0.3, 0.4) is 0 Å². The minimum absolute atomic E-state index is 0.0229. The normalized spacial score (nSPS) is 56.9. The maximum absolute atomic E-state index is 11.7. The molecule has 34 heavy (non-hydrogen) atoms. The average Bonchev–Trinajstić information content (AvgIpc) is 3.11. The highest BCUT2D eigenvalue weighted by Crippen LogP contribution is 2.74. The minimum Gasteiger partial charge on any atom is -0.396 e. The van der Waals surface area contributed by atoms with Gasteiger partial charge in [0.05, 0.1) is 24.9 Å². The predicted molar refractivity (Wildman–Crippen MR) is 132 cm³/mol. The summed E-state index contributed by atoms with van der Waals surface area (Å²) in [6, 6.07) is 0. The Balaban J connectivity index is 1.58. The molecule has 2 unspecified atom stereocenters.